The Labute approximate surface area is 118 Å². The van der Waals surface area contributed by atoms with Crippen molar-refractivity contribution in [1.29, 1.82) is 5.26 Å². The van der Waals surface area contributed by atoms with Crippen LogP contribution < -0.4 is 10.6 Å². The van der Waals surface area contributed by atoms with Gasteiger partial charge in [-0.05, 0) is 30.5 Å². The normalized spacial score (nSPS) is 16.4. The highest BCUT2D eigenvalue weighted by Gasteiger charge is 2.34. The van der Waals surface area contributed by atoms with Crippen LogP contribution in [0.15, 0.2) is 24.3 Å². The predicted octanol–water partition coefficient (Wildman–Crippen LogP) is 1.66. The van der Waals surface area contributed by atoms with Crippen molar-refractivity contribution in [3.05, 3.63) is 35.4 Å². The van der Waals surface area contributed by atoms with E-state index in [1.165, 1.54) is 0 Å². The van der Waals surface area contributed by atoms with Crippen LogP contribution in [0.3, 0.4) is 0 Å². The van der Waals surface area contributed by atoms with Crippen LogP contribution in [0.25, 0.3) is 0 Å². The Morgan fingerprint density at radius 1 is 1.40 bits per heavy atom. The fourth-order valence-electron chi connectivity index (χ4n) is 2.59. The molecule has 0 spiro atoms. The predicted molar refractivity (Wildman–Crippen MR) is 74.8 cm³/mol. The van der Waals surface area contributed by atoms with Crippen molar-refractivity contribution in [2.45, 2.75) is 37.8 Å². The zero-order chi connectivity index (χ0) is 14.4. The molecule has 0 radical (unpaired) electrons. The zero-order valence-corrected chi connectivity index (χ0v) is 11.4. The summed E-state index contributed by atoms with van der Waals surface area (Å²) in [4.78, 5) is 11.9. The van der Waals surface area contributed by atoms with Gasteiger partial charge in [-0.2, -0.15) is 5.26 Å². The molecule has 1 fully saturated rings. The van der Waals surface area contributed by atoms with Crippen molar-refractivity contribution in [3.63, 3.8) is 0 Å². The Morgan fingerprint density at radius 2 is 2.15 bits per heavy atom. The first-order valence-electron chi connectivity index (χ1n) is 6.83. The average Bonchev–Trinajstić information content (AvgIpc) is 2.94. The van der Waals surface area contributed by atoms with E-state index in [4.69, 9.17) is 5.26 Å². The Balaban J connectivity index is 1.87. The molecule has 5 nitrogen and oxygen atoms in total. The molecule has 0 aliphatic heterocycles. The van der Waals surface area contributed by atoms with Crippen LogP contribution in [0.4, 0.5) is 4.79 Å². The largest absolute Gasteiger partial charge is 0.394 e. The molecular formula is C15H19N3O2. The van der Waals surface area contributed by atoms with Gasteiger partial charge in [-0.25, -0.2) is 4.79 Å². The summed E-state index contributed by atoms with van der Waals surface area (Å²) in [6, 6.07) is 8.92. The summed E-state index contributed by atoms with van der Waals surface area (Å²) in [7, 11) is 0. The summed E-state index contributed by atoms with van der Waals surface area (Å²) in [6.07, 6.45) is 3.71. The van der Waals surface area contributed by atoms with Gasteiger partial charge >= 0.3 is 6.03 Å². The lowest BCUT2D eigenvalue weighted by molar-refractivity contribution is 0.163. The second-order valence-electron chi connectivity index (χ2n) is 5.27. The second kappa shape index (κ2) is 6.40. The number of aliphatic hydroxyl groups excluding tert-OH is 1. The van der Waals surface area contributed by atoms with Crippen molar-refractivity contribution in [2.24, 2.45) is 0 Å². The molecule has 2 amide bonds. The highest BCUT2D eigenvalue weighted by atomic mass is 16.3. The lowest BCUT2D eigenvalue weighted by Gasteiger charge is -2.28. The van der Waals surface area contributed by atoms with Gasteiger partial charge in [-0.1, -0.05) is 25.0 Å². The Bertz CT molecular complexity index is 516. The van der Waals surface area contributed by atoms with E-state index < -0.39 is 5.54 Å². The minimum Gasteiger partial charge on any atom is -0.394 e. The molecule has 1 aliphatic rings. The molecule has 2 rings (SSSR count). The molecule has 0 saturated heterocycles. The fourth-order valence-corrected chi connectivity index (χ4v) is 2.59. The molecule has 0 atom stereocenters. The van der Waals surface area contributed by atoms with E-state index in [0.717, 1.165) is 31.2 Å². The smallest absolute Gasteiger partial charge is 0.315 e. The first-order valence-corrected chi connectivity index (χ1v) is 6.83. The number of hydrogen-bond acceptors (Lipinski definition) is 3. The minimum atomic E-state index is -0.460. The number of urea groups is 1. The van der Waals surface area contributed by atoms with Crippen molar-refractivity contribution in [1.82, 2.24) is 10.6 Å². The minimum absolute atomic E-state index is 0.0235. The third-order valence-electron chi connectivity index (χ3n) is 3.75. The van der Waals surface area contributed by atoms with E-state index in [1.807, 2.05) is 6.07 Å². The Hall–Kier alpha value is -2.06. The van der Waals surface area contributed by atoms with Gasteiger partial charge in [-0.15, -0.1) is 0 Å². The summed E-state index contributed by atoms with van der Waals surface area (Å²) in [5.74, 6) is 0. The van der Waals surface area contributed by atoms with Crippen LogP contribution in [0, 0.1) is 11.3 Å². The van der Waals surface area contributed by atoms with Gasteiger partial charge in [0, 0.05) is 6.54 Å². The van der Waals surface area contributed by atoms with E-state index in [9.17, 15) is 9.90 Å². The quantitative estimate of drug-likeness (QED) is 0.780. The van der Waals surface area contributed by atoms with Gasteiger partial charge in [0.2, 0.25) is 0 Å². The van der Waals surface area contributed by atoms with Crippen LogP contribution in [-0.4, -0.2) is 23.3 Å². The molecular weight excluding hydrogens is 254 g/mol. The molecule has 1 aromatic rings. The number of nitrogens with zero attached hydrogens (tertiary/aromatic N) is 1. The topological polar surface area (TPSA) is 85.2 Å². The molecule has 0 aromatic heterocycles. The number of nitrogens with one attached hydrogen (secondary N) is 2. The first kappa shape index (κ1) is 14.4. The maximum absolute atomic E-state index is 11.9. The highest BCUT2D eigenvalue weighted by molar-refractivity contribution is 5.74. The zero-order valence-electron chi connectivity index (χ0n) is 11.4. The monoisotopic (exact) mass is 273 g/mol. The van der Waals surface area contributed by atoms with E-state index in [0.29, 0.717) is 12.1 Å². The fraction of sp³-hybridized carbons (Fsp3) is 0.467. The Kier molecular flexibility index (Phi) is 4.59. The summed E-state index contributed by atoms with van der Waals surface area (Å²) in [5.41, 5.74) is 0.995. The van der Waals surface area contributed by atoms with E-state index in [-0.39, 0.29) is 12.6 Å². The molecule has 1 saturated carbocycles. The number of rotatable bonds is 4. The molecule has 3 N–H and O–H groups in total. The number of aliphatic hydroxyl groups is 1. The number of nitriles is 1. The summed E-state index contributed by atoms with van der Waals surface area (Å²) in [6.45, 7) is 0.340. The van der Waals surface area contributed by atoms with Crippen molar-refractivity contribution >= 4 is 6.03 Å². The van der Waals surface area contributed by atoms with E-state index in [2.05, 4.69) is 16.7 Å². The summed E-state index contributed by atoms with van der Waals surface area (Å²) >= 11 is 0. The standard InChI is InChI=1S/C15H19N3O2/c16-9-12-4-3-5-13(8-12)10-17-14(20)18-15(11-19)6-1-2-7-15/h3-5,8,19H,1-2,6-7,10-11H2,(H2,17,18,20). The summed E-state index contributed by atoms with van der Waals surface area (Å²) < 4.78 is 0. The number of carbonyl (C=O) groups is 1. The van der Waals surface area contributed by atoms with Crippen molar-refractivity contribution in [2.75, 3.05) is 6.61 Å². The van der Waals surface area contributed by atoms with Gasteiger partial charge in [0.25, 0.3) is 0 Å². The van der Waals surface area contributed by atoms with E-state index in [1.54, 1.807) is 18.2 Å². The molecule has 1 aromatic carbocycles. The SMILES string of the molecule is N#Cc1cccc(CNC(=O)NC2(CO)CCCC2)c1. The van der Waals surface area contributed by atoms with Crippen LogP contribution in [-0.2, 0) is 6.54 Å². The van der Waals surface area contributed by atoms with Crippen LogP contribution in [0.5, 0.6) is 0 Å². The Morgan fingerprint density at radius 3 is 2.80 bits per heavy atom. The van der Waals surface area contributed by atoms with Crippen molar-refractivity contribution in [3.8, 4) is 6.07 Å². The first-order chi connectivity index (χ1) is 9.67. The maximum Gasteiger partial charge on any atom is 0.315 e. The molecule has 106 valence electrons. The van der Waals surface area contributed by atoms with Gasteiger partial charge in [0.05, 0.1) is 23.8 Å². The lowest BCUT2D eigenvalue weighted by atomic mass is 9.99. The second-order valence-corrected chi connectivity index (χ2v) is 5.27. The third kappa shape index (κ3) is 3.49. The highest BCUT2D eigenvalue weighted by Crippen LogP contribution is 2.28. The number of amides is 2. The maximum atomic E-state index is 11.9. The molecule has 1 aliphatic carbocycles. The average molecular weight is 273 g/mol. The van der Waals surface area contributed by atoms with Gasteiger partial charge in [0.1, 0.15) is 0 Å². The molecule has 20 heavy (non-hydrogen) atoms. The molecule has 0 bridgehead atoms. The summed E-state index contributed by atoms with van der Waals surface area (Å²) in [5, 5.41) is 23.9. The number of carbonyl (C=O) groups excluding carboxylic acids is 1. The van der Waals surface area contributed by atoms with Gasteiger partial charge in [-0.3, -0.25) is 0 Å². The lowest BCUT2D eigenvalue weighted by Crippen LogP contribution is -2.52. The van der Waals surface area contributed by atoms with Crippen molar-refractivity contribution < 1.29 is 9.90 Å². The van der Waals surface area contributed by atoms with E-state index >= 15 is 0 Å². The van der Waals surface area contributed by atoms with Crippen LogP contribution >= 0.6 is 0 Å². The van der Waals surface area contributed by atoms with Crippen LogP contribution in [0.1, 0.15) is 36.8 Å². The number of hydrogen-bond donors (Lipinski definition) is 3. The van der Waals surface area contributed by atoms with Gasteiger partial charge in [0.15, 0.2) is 0 Å². The molecule has 5 heteroatoms. The van der Waals surface area contributed by atoms with Gasteiger partial charge < -0.3 is 15.7 Å². The third-order valence-corrected chi connectivity index (χ3v) is 3.75. The molecule has 0 heterocycles. The molecule has 0 unspecified atom stereocenters. The number of benzene rings is 1. The van der Waals surface area contributed by atoms with Crippen LogP contribution in [0.2, 0.25) is 0 Å².